The Balaban J connectivity index is 1.91. The lowest BCUT2D eigenvalue weighted by atomic mass is 9.49. The number of carbonyl (C=O) groups excluding carboxylic acids is 1. The molecule has 1 fully saturated rings. The van der Waals surface area contributed by atoms with Crippen molar-refractivity contribution < 1.29 is 14.3 Å². The zero-order valence-electron chi connectivity index (χ0n) is 20.0. The highest BCUT2D eigenvalue weighted by molar-refractivity contribution is 5.98. The van der Waals surface area contributed by atoms with E-state index in [1.807, 2.05) is 12.1 Å². The fourth-order valence-corrected chi connectivity index (χ4v) is 6.71. The number of benzene rings is 2. The number of para-hydroxylation sites is 1. The highest BCUT2D eigenvalue weighted by atomic mass is 16.5. The number of carbonyl (C=O) groups is 1. The molecule has 32 heavy (non-hydrogen) atoms. The van der Waals surface area contributed by atoms with Crippen molar-refractivity contribution in [1.29, 1.82) is 0 Å². The summed E-state index contributed by atoms with van der Waals surface area (Å²) in [4.78, 5) is 17.0. The number of ether oxygens (including phenoxy) is 2. The molecule has 2 aliphatic rings. The van der Waals surface area contributed by atoms with E-state index < -0.39 is 5.41 Å². The average molecular weight is 432 g/mol. The van der Waals surface area contributed by atoms with Crippen molar-refractivity contribution >= 4 is 16.9 Å². The first-order valence-corrected chi connectivity index (χ1v) is 11.7. The van der Waals surface area contributed by atoms with Gasteiger partial charge in [-0.25, -0.2) is 0 Å². The van der Waals surface area contributed by atoms with E-state index in [-0.39, 0.29) is 17.3 Å². The van der Waals surface area contributed by atoms with Gasteiger partial charge in [-0.3, -0.25) is 4.79 Å². The quantitative estimate of drug-likeness (QED) is 0.470. The zero-order chi connectivity index (χ0) is 22.8. The fourth-order valence-electron chi connectivity index (χ4n) is 6.71. The van der Waals surface area contributed by atoms with Crippen LogP contribution in [0.4, 0.5) is 0 Å². The molecule has 0 spiro atoms. The van der Waals surface area contributed by atoms with Crippen LogP contribution in [0.3, 0.4) is 0 Å². The number of methoxy groups -OCH3 is 2. The molecule has 0 saturated heterocycles. The first kappa shape index (κ1) is 21.1. The van der Waals surface area contributed by atoms with Gasteiger partial charge in [0, 0.05) is 22.3 Å². The maximum atomic E-state index is 13.3. The summed E-state index contributed by atoms with van der Waals surface area (Å²) in [5.41, 5.74) is 6.54. The van der Waals surface area contributed by atoms with Crippen LogP contribution >= 0.6 is 0 Å². The molecule has 5 rings (SSSR count). The van der Waals surface area contributed by atoms with Gasteiger partial charge in [0.15, 0.2) is 0 Å². The van der Waals surface area contributed by atoms with E-state index in [1.165, 1.54) is 29.4 Å². The molecule has 4 nitrogen and oxygen atoms in total. The minimum atomic E-state index is -0.594. The van der Waals surface area contributed by atoms with Gasteiger partial charge in [-0.2, -0.15) is 0 Å². The van der Waals surface area contributed by atoms with E-state index in [4.69, 9.17) is 9.47 Å². The van der Waals surface area contributed by atoms with E-state index in [0.29, 0.717) is 5.92 Å². The maximum Gasteiger partial charge on any atom is 0.312 e. The van der Waals surface area contributed by atoms with Gasteiger partial charge >= 0.3 is 5.97 Å². The number of aromatic amines is 1. The Morgan fingerprint density at radius 3 is 2.59 bits per heavy atom. The van der Waals surface area contributed by atoms with Crippen molar-refractivity contribution in [3.63, 3.8) is 0 Å². The standard InChI is InChI=1S/C28H33NO3/c1-16(2)17-11-12-20-19(15-17)24-22(18-9-7-10-21(31-5)23(18)29-24)25-27(20,3)13-8-14-28(25,4)26(30)32-6/h7,9-12,15-16,25,29H,8,13-14H2,1-6H3/t25-,27-,28-/m1/s1. The molecule has 4 heteroatoms. The van der Waals surface area contributed by atoms with Gasteiger partial charge < -0.3 is 14.5 Å². The van der Waals surface area contributed by atoms with E-state index in [1.54, 1.807) is 7.11 Å². The molecule has 1 saturated carbocycles. The van der Waals surface area contributed by atoms with Crippen LogP contribution in [0.25, 0.3) is 22.2 Å². The van der Waals surface area contributed by atoms with Crippen LogP contribution < -0.4 is 4.74 Å². The Bertz CT molecular complexity index is 1220. The lowest BCUT2D eigenvalue weighted by Crippen LogP contribution is -2.50. The number of rotatable bonds is 3. The van der Waals surface area contributed by atoms with Crippen molar-refractivity contribution in [2.75, 3.05) is 14.2 Å². The Morgan fingerprint density at radius 1 is 1.12 bits per heavy atom. The van der Waals surface area contributed by atoms with Crippen LogP contribution in [0.2, 0.25) is 0 Å². The molecule has 0 radical (unpaired) electrons. The SMILES string of the molecule is COC(=O)[C@]1(C)CCC[C@]2(C)c3ccc(C(C)C)cc3-c3[nH]c4c(OC)cccc4c3[C@@H]12. The first-order chi connectivity index (χ1) is 15.3. The van der Waals surface area contributed by atoms with Gasteiger partial charge in [-0.1, -0.05) is 51.5 Å². The number of nitrogens with one attached hydrogen (secondary N) is 1. The molecule has 3 aromatic rings. The molecular formula is C28H33NO3. The highest BCUT2D eigenvalue weighted by Crippen LogP contribution is 2.64. The topological polar surface area (TPSA) is 51.3 Å². The number of fused-ring (bicyclic) bond motifs is 8. The summed E-state index contributed by atoms with van der Waals surface area (Å²) in [5, 5.41) is 1.15. The maximum absolute atomic E-state index is 13.3. The zero-order valence-corrected chi connectivity index (χ0v) is 20.0. The van der Waals surface area contributed by atoms with Gasteiger partial charge in [0.05, 0.1) is 30.8 Å². The molecule has 1 aromatic heterocycles. The molecule has 2 aliphatic carbocycles. The average Bonchev–Trinajstić information content (AvgIpc) is 3.17. The number of H-pyrrole nitrogens is 1. The van der Waals surface area contributed by atoms with Crippen LogP contribution in [0, 0.1) is 5.41 Å². The summed E-state index contributed by atoms with van der Waals surface area (Å²) in [6.07, 6.45) is 2.88. The summed E-state index contributed by atoms with van der Waals surface area (Å²) >= 11 is 0. The third-order valence-corrected chi connectivity index (χ3v) is 8.26. The minimum Gasteiger partial charge on any atom is -0.495 e. The van der Waals surface area contributed by atoms with Crippen LogP contribution in [0.1, 0.15) is 75.5 Å². The van der Waals surface area contributed by atoms with E-state index >= 15 is 0 Å². The smallest absolute Gasteiger partial charge is 0.312 e. The third kappa shape index (κ3) is 2.65. The molecule has 0 unspecified atom stereocenters. The van der Waals surface area contributed by atoms with E-state index in [9.17, 15) is 4.79 Å². The Kier molecular flexibility index (Phi) is 4.70. The van der Waals surface area contributed by atoms with Gasteiger partial charge in [0.2, 0.25) is 0 Å². The summed E-state index contributed by atoms with van der Waals surface area (Å²) in [6.45, 7) is 8.93. The predicted molar refractivity (Wildman–Crippen MR) is 128 cm³/mol. The third-order valence-electron chi connectivity index (χ3n) is 8.26. The summed E-state index contributed by atoms with van der Waals surface area (Å²) < 4.78 is 11.1. The largest absolute Gasteiger partial charge is 0.495 e. The number of esters is 1. The second-order valence-corrected chi connectivity index (χ2v) is 10.4. The molecule has 0 bridgehead atoms. The van der Waals surface area contributed by atoms with E-state index in [0.717, 1.165) is 41.6 Å². The van der Waals surface area contributed by atoms with Crippen LogP contribution in [0.5, 0.6) is 5.75 Å². The van der Waals surface area contributed by atoms with Crippen molar-refractivity contribution in [2.45, 2.75) is 64.2 Å². The molecule has 168 valence electrons. The number of hydrogen-bond acceptors (Lipinski definition) is 3. The molecule has 0 amide bonds. The lowest BCUT2D eigenvalue weighted by Gasteiger charge is -2.54. The van der Waals surface area contributed by atoms with Crippen molar-refractivity contribution in [1.82, 2.24) is 4.98 Å². The number of hydrogen-bond donors (Lipinski definition) is 1. The second kappa shape index (κ2) is 7.13. The highest BCUT2D eigenvalue weighted by Gasteiger charge is 2.58. The summed E-state index contributed by atoms with van der Waals surface area (Å²) in [5.74, 6) is 1.18. The minimum absolute atomic E-state index is 0.0180. The van der Waals surface area contributed by atoms with Crippen LogP contribution in [-0.4, -0.2) is 25.2 Å². The van der Waals surface area contributed by atoms with Crippen LogP contribution in [0.15, 0.2) is 36.4 Å². The Hall–Kier alpha value is -2.75. The van der Waals surface area contributed by atoms with Gasteiger partial charge in [0.25, 0.3) is 0 Å². The van der Waals surface area contributed by atoms with Gasteiger partial charge in [-0.05, 0) is 54.5 Å². The normalized spacial score (nSPS) is 26.4. The summed E-state index contributed by atoms with van der Waals surface area (Å²) in [6, 6.07) is 13.1. The second-order valence-electron chi connectivity index (χ2n) is 10.4. The monoisotopic (exact) mass is 431 g/mol. The predicted octanol–water partition coefficient (Wildman–Crippen LogP) is 6.69. The van der Waals surface area contributed by atoms with Gasteiger partial charge in [0.1, 0.15) is 5.75 Å². The van der Waals surface area contributed by atoms with Crippen molar-refractivity contribution in [2.24, 2.45) is 5.41 Å². The molecule has 3 atom stereocenters. The van der Waals surface area contributed by atoms with Crippen molar-refractivity contribution in [3.05, 3.63) is 53.1 Å². The Morgan fingerprint density at radius 2 is 1.91 bits per heavy atom. The molecular weight excluding hydrogens is 398 g/mol. The lowest BCUT2D eigenvalue weighted by molar-refractivity contribution is -0.157. The molecule has 2 aromatic carbocycles. The molecule has 1 N–H and O–H groups in total. The molecule has 1 heterocycles. The summed E-state index contributed by atoms with van der Waals surface area (Å²) in [7, 11) is 3.23. The number of aromatic nitrogens is 1. The van der Waals surface area contributed by atoms with E-state index in [2.05, 4.69) is 56.9 Å². The van der Waals surface area contributed by atoms with Crippen molar-refractivity contribution in [3.8, 4) is 17.0 Å². The Labute approximate surface area is 190 Å². The fraction of sp³-hybridized carbons (Fsp3) is 0.464. The van der Waals surface area contributed by atoms with Crippen LogP contribution in [-0.2, 0) is 14.9 Å². The first-order valence-electron chi connectivity index (χ1n) is 11.7. The molecule has 0 aliphatic heterocycles. The van der Waals surface area contributed by atoms with Gasteiger partial charge in [-0.15, -0.1) is 0 Å².